The molecule has 11 heteroatoms. The number of alkyl halides is 3. The summed E-state index contributed by atoms with van der Waals surface area (Å²) < 4.78 is 95.3. The first-order valence-corrected chi connectivity index (χ1v) is 13.7. The van der Waals surface area contributed by atoms with Gasteiger partial charge in [0.25, 0.3) is 0 Å². The third-order valence-corrected chi connectivity index (χ3v) is 7.84. The number of carbonyl (C=O) groups excluding carboxylic acids is 1. The van der Waals surface area contributed by atoms with Crippen molar-refractivity contribution in [1.29, 1.82) is 0 Å². The molecule has 0 aliphatic heterocycles. The van der Waals surface area contributed by atoms with E-state index in [0.29, 0.717) is 12.1 Å². The number of rotatable bonds is 8. The molecule has 0 radical (unpaired) electrons. The minimum atomic E-state index is -4.85. The van der Waals surface area contributed by atoms with Gasteiger partial charge in [-0.2, -0.15) is 13.2 Å². The zero-order valence-corrected chi connectivity index (χ0v) is 22.3. The summed E-state index contributed by atoms with van der Waals surface area (Å²) in [6.45, 7) is 6.70. The molecule has 0 saturated heterocycles. The molecule has 37 heavy (non-hydrogen) atoms. The van der Waals surface area contributed by atoms with Crippen molar-refractivity contribution in [3.8, 4) is 0 Å². The van der Waals surface area contributed by atoms with Crippen molar-refractivity contribution < 1.29 is 35.2 Å². The van der Waals surface area contributed by atoms with Crippen LogP contribution >= 0.6 is 0 Å². The highest BCUT2D eigenvalue weighted by Crippen LogP contribution is 2.55. The first-order chi connectivity index (χ1) is 16.8. The van der Waals surface area contributed by atoms with Gasteiger partial charge in [0.1, 0.15) is 11.6 Å². The zero-order valence-electron chi connectivity index (χ0n) is 21.5. The van der Waals surface area contributed by atoms with Gasteiger partial charge in [0, 0.05) is 16.9 Å². The van der Waals surface area contributed by atoms with Crippen LogP contribution in [0.15, 0.2) is 30.3 Å². The number of carbonyl (C=O) groups is 1. The number of sulfonamides is 1. The summed E-state index contributed by atoms with van der Waals surface area (Å²) in [4.78, 5) is 13.0. The van der Waals surface area contributed by atoms with Crippen LogP contribution in [-0.4, -0.2) is 26.8 Å². The molecule has 0 heterocycles. The van der Waals surface area contributed by atoms with Crippen LogP contribution < -0.4 is 10.0 Å². The molecule has 3 atom stereocenters. The largest absolute Gasteiger partial charge is 0.398 e. The SMILES string of the molecule is CCc1cc(C(C)NC(=O)[C@@H]2CC2(C)c2cc(F)c(C(C)(C)C(F)(F)F)c(F)c2)ccc1NS(C)(=O)=O. The molecule has 5 nitrogen and oxygen atoms in total. The van der Waals surface area contributed by atoms with Crippen molar-refractivity contribution in [1.82, 2.24) is 5.32 Å². The van der Waals surface area contributed by atoms with E-state index in [9.17, 15) is 35.2 Å². The van der Waals surface area contributed by atoms with Gasteiger partial charge in [0.2, 0.25) is 15.9 Å². The van der Waals surface area contributed by atoms with Gasteiger partial charge >= 0.3 is 6.18 Å². The molecule has 1 amide bonds. The summed E-state index contributed by atoms with van der Waals surface area (Å²) in [6, 6.07) is 6.44. The topological polar surface area (TPSA) is 75.3 Å². The van der Waals surface area contributed by atoms with Gasteiger partial charge in [0.15, 0.2) is 0 Å². The molecule has 0 spiro atoms. The molecule has 2 aromatic rings. The van der Waals surface area contributed by atoms with E-state index < -0.39 is 56.2 Å². The standard InChI is InChI=1S/C26H31F5N2O3S/c1-7-15-10-16(8-9-21(15)33-37(6,35)36)14(2)32-23(34)18-13-25(18,5)17-11-19(27)22(20(28)12-17)24(3,4)26(29,30)31/h8-12,14,18,33H,7,13H2,1-6H3,(H,32,34)/t14?,18-,25?/m0/s1. The molecule has 1 aliphatic rings. The fraction of sp³-hybridized carbons (Fsp3) is 0.500. The average Bonchev–Trinajstić information content (AvgIpc) is 3.44. The van der Waals surface area contributed by atoms with Crippen molar-refractivity contribution in [3.05, 3.63) is 64.2 Å². The Kier molecular flexibility index (Phi) is 7.46. The Hall–Kier alpha value is -2.69. The number of hydrogen-bond donors (Lipinski definition) is 2. The van der Waals surface area contributed by atoms with E-state index in [0.717, 1.165) is 43.4 Å². The molecule has 2 N–H and O–H groups in total. The molecular formula is C26H31F5N2O3S. The summed E-state index contributed by atoms with van der Waals surface area (Å²) in [5, 5.41) is 2.87. The maximum absolute atomic E-state index is 14.8. The Balaban J connectivity index is 1.78. The number of anilines is 1. The Bertz CT molecular complexity index is 1300. The number of aryl methyl sites for hydroxylation is 1. The zero-order chi connectivity index (χ0) is 28.1. The highest BCUT2D eigenvalue weighted by Gasteiger charge is 2.57. The van der Waals surface area contributed by atoms with Gasteiger partial charge in [-0.25, -0.2) is 17.2 Å². The van der Waals surface area contributed by atoms with Crippen LogP contribution in [0.4, 0.5) is 27.6 Å². The first-order valence-electron chi connectivity index (χ1n) is 11.8. The van der Waals surface area contributed by atoms with Crippen LogP contribution in [0.25, 0.3) is 0 Å². The minimum absolute atomic E-state index is 0.126. The molecule has 0 aromatic heterocycles. The van der Waals surface area contributed by atoms with E-state index in [2.05, 4.69) is 10.0 Å². The Morgan fingerprint density at radius 1 is 1.14 bits per heavy atom. The van der Waals surface area contributed by atoms with Crippen LogP contribution in [0.3, 0.4) is 0 Å². The number of amides is 1. The second kappa shape index (κ2) is 9.56. The number of halogens is 5. The second-order valence-corrected chi connectivity index (χ2v) is 12.2. The molecule has 204 valence electrons. The van der Waals surface area contributed by atoms with Crippen molar-refractivity contribution in [2.75, 3.05) is 11.0 Å². The molecule has 2 unspecified atom stereocenters. The lowest BCUT2D eigenvalue weighted by molar-refractivity contribution is -0.181. The van der Waals surface area contributed by atoms with Gasteiger partial charge < -0.3 is 5.32 Å². The Labute approximate surface area is 213 Å². The first kappa shape index (κ1) is 28.9. The van der Waals surface area contributed by atoms with Crippen molar-refractivity contribution in [2.24, 2.45) is 5.92 Å². The molecule has 1 fully saturated rings. The van der Waals surface area contributed by atoms with Gasteiger partial charge in [-0.15, -0.1) is 0 Å². The fourth-order valence-electron chi connectivity index (χ4n) is 4.58. The highest BCUT2D eigenvalue weighted by atomic mass is 32.2. The van der Waals surface area contributed by atoms with E-state index in [1.165, 1.54) is 0 Å². The van der Waals surface area contributed by atoms with Gasteiger partial charge in [0.05, 0.1) is 23.4 Å². The normalized spacial score (nSPS) is 20.9. The van der Waals surface area contributed by atoms with Gasteiger partial charge in [-0.1, -0.05) is 26.0 Å². The Morgan fingerprint density at radius 2 is 1.70 bits per heavy atom. The predicted molar refractivity (Wildman–Crippen MR) is 132 cm³/mol. The van der Waals surface area contributed by atoms with Crippen LogP contribution in [0, 0.1) is 17.6 Å². The van der Waals surface area contributed by atoms with E-state index in [1.807, 2.05) is 6.92 Å². The van der Waals surface area contributed by atoms with Crippen LogP contribution in [0.2, 0.25) is 0 Å². The van der Waals surface area contributed by atoms with Crippen molar-refractivity contribution in [3.63, 3.8) is 0 Å². The highest BCUT2D eigenvalue weighted by molar-refractivity contribution is 7.92. The van der Waals surface area contributed by atoms with Crippen LogP contribution in [-0.2, 0) is 32.1 Å². The summed E-state index contributed by atoms with van der Waals surface area (Å²) >= 11 is 0. The van der Waals surface area contributed by atoms with Crippen molar-refractivity contribution >= 4 is 21.6 Å². The van der Waals surface area contributed by atoms with Crippen LogP contribution in [0.5, 0.6) is 0 Å². The molecule has 1 aliphatic carbocycles. The molecule has 0 bridgehead atoms. The Morgan fingerprint density at radius 3 is 2.19 bits per heavy atom. The number of hydrogen-bond acceptors (Lipinski definition) is 3. The third kappa shape index (κ3) is 5.76. The molecule has 1 saturated carbocycles. The lowest BCUT2D eigenvalue weighted by Crippen LogP contribution is -2.38. The quantitative estimate of drug-likeness (QED) is 0.406. The van der Waals surface area contributed by atoms with E-state index >= 15 is 0 Å². The fourth-order valence-corrected chi connectivity index (χ4v) is 5.18. The summed E-state index contributed by atoms with van der Waals surface area (Å²) in [5.74, 6) is -3.57. The lowest BCUT2D eigenvalue weighted by atomic mass is 9.81. The second-order valence-electron chi connectivity index (χ2n) is 10.5. The van der Waals surface area contributed by atoms with E-state index in [1.54, 1.807) is 32.0 Å². The number of benzene rings is 2. The third-order valence-electron chi connectivity index (χ3n) is 7.25. The maximum Gasteiger partial charge on any atom is 0.398 e. The smallest absolute Gasteiger partial charge is 0.349 e. The lowest BCUT2D eigenvalue weighted by Gasteiger charge is -2.29. The maximum atomic E-state index is 14.8. The summed E-state index contributed by atoms with van der Waals surface area (Å²) in [5.41, 5.74) is -2.65. The van der Waals surface area contributed by atoms with Crippen molar-refractivity contribution in [2.45, 2.75) is 70.5 Å². The molecule has 2 aromatic carbocycles. The summed E-state index contributed by atoms with van der Waals surface area (Å²) in [7, 11) is -3.46. The van der Waals surface area contributed by atoms with Gasteiger partial charge in [-0.05, 0) is 68.5 Å². The molecule has 3 rings (SSSR count). The predicted octanol–water partition coefficient (Wildman–Crippen LogP) is 5.89. The van der Waals surface area contributed by atoms with E-state index in [-0.39, 0.29) is 17.9 Å². The summed E-state index contributed by atoms with van der Waals surface area (Å²) in [6.07, 6.45) is -2.97. The van der Waals surface area contributed by atoms with Crippen LogP contribution in [0.1, 0.15) is 69.3 Å². The monoisotopic (exact) mass is 546 g/mol. The van der Waals surface area contributed by atoms with E-state index in [4.69, 9.17) is 0 Å². The number of nitrogens with one attached hydrogen (secondary N) is 2. The van der Waals surface area contributed by atoms with Gasteiger partial charge in [-0.3, -0.25) is 9.52 Å². The molecular weight excluding hydrogens is 515 g/mol. The minimum Gasteiger partial charge on any atom is -0.349 e. The average molecular weight is 547 g/mol.